The van der Waals surface area contributed by atoms with Gasteiger partial charge in [-0.3, -0.25) is 0 Å². The van der Waals surface area contributed by atoms with Crippen LogP contribution >= 0.6 is 11.6 Å². The molecule has 3 rings (SSSR count). The standard InChI is InChI=1S/C20H12ClF6N3/c21-15-9-14(20(25,26)27)10-16-17(15)30-18(29-16)12-5-3-11(4-6-12)8-13(2-1-7-28)19(22,23)24/h1-10,28H,(H,29,30)/b2-1-,13-8-,28-7?. The second-order valence-corrected chi connectivity index (χ2v) is 6.59. The highest BCUT2D eigenvalue weighted by atomic mass is 35.5. The zero-order chi connectivity index (χ0) is 22.1. The largest absolute Gasteiger partial charge is 0.416 e. The van der Waals surface area contributed by atoms with E-state index in [2.05, 4.69) is 9.97 Å². The summed E-state index contributed by atoms with van der Waals surface area (Å²) in [7, 11) is 0. The molecule has 1 aromatic heterocycles. The molecular formula is C20H12ClF6N3. The molecule has 3 nitrogen and oxygen atoms in total. The Morgan fingerprint density at radius 1 is 1.03 bits per heavy atom. The predicted octanol–water partition coefficient (Wildman–Crippen LogP) is 7.05. The molecule has 0 saturated heterocycles. The van der Waals surface area contributed by atoms with Crippen molar-refractivity contribution in [3.05, 3.63) is 70.3 Å². The number of aromatic nitrogens is 2. The molecule has 1 heterocycles. The topological polar surface area (TPSA) is 52.5 Å². The first-order valence-electron chi connectivity index (χ1n) is 8.32. The molecular weight excluding hydrogens is 432 g/mol. The normalized spacial score (nSPS) is 13.4. The third kappa shape index (κ3) is 4.73. The average molecular weight is 444 g/mol. The molecule has 0 aliphatic rings. The number of nitrogens with zero attached hydrogens (tertiary/aromatic N) is 1. The van der Waals surface area contributed by atoms with E-state index in [0.29, 0.717) is 5.56 Å². The minimum atomic E-state index is -4.59. The molecule has 0 radical (unpaired) electrons. The van der Waals surface area contributed by atoms with Crippen molar-refractivity contribution >= 4 is 34.9 Å². The fourth-order valence-corrected chi connectivity index (χ4v) is 2.93. The van der Waals surface area contributed by atoms with Crippen molar-refractivity contribution in [1.29, 1.82) is 5.41 Å². The van der Waals surface area contributed by atoms with Gasteiger partial charge in [-0.05, 0) is 35.9 Å². The summed E-state index contributed by atoms with van der Waals surface area (Å²) in [5, 5.41) is 6.65. The van der Waals surface area contributed by atoms with E-state index in [9.17, 15) is 26.3 Å². The van der Waals surface area contributed by atoms with E-state index < -0.39 is 23.5 Å². The van der Waals surface area contributed by atoms with Gasteiger partial charge in [0.15, 0.2) is 0 Å². The lowest BCUT2D eigenvalue weighted by molar-refractivity contribution is -0.137. The molecule has 0 spiro atoms. The Hall–Kier alpha value is -3.07. The molecule has 2 N–H and O–H groups in total. The van der Waals surface area contributed by atoms with Gasteiger partial charge in [-0.2, -0.15) is 26.3 Å². The molecule has 0 saturated carbocycles. The van der Waals surface area contributed by atoms with Gasteiger partial charge in [0.25, 0.3) is 0 Å². The molecule has 0 aliphatic heterocycles. The number of aromatic amines is 1. The Labute approximate surface area is 171 Å². The van der Waals surface area contributed by atoms with Crippen molar-refractivity contribution in [1.82, 2.24) is 9.97 Å². The smallest absolute Gasteiger partial charge is 0.338 e. The monoisotopic (exact) mass is 443 g/mol. The number of H-pyrrole nitrogens is 1. The molecule has 10 heteroatoms. The Kier molecular flexibility index (Phi) is 5.76. The maximum atomic E-state index is 13.0. The van der Waals surface area contributed by atoms with Crippen LogP contribution in [0.1, 0.15) is 11.1 Å². The van der Waals surface area contributed by atoms with Crippen molar-refractivity contribution in [2.45, 2.75) is 12.4 Å². The number of alkyl halides is 6. The van der Waals surface area contributed by atoms with Crippen molar-refractivity contribution in [2.24, 2.45) is 0 Å². The molecule has 0 fully saturated rings. The zero-order valence-electron chi connectivity index (χ0n) is 14.9. The third-order valence-electron chi connectivity index (χ3n) is 4.07. The SMILES string of the molecule is N=C/C=C\C(=C\c1ccc(-c2nc3c(Cl)cc(C(F)(F)F)cc3[nH]2)cc1)C(F)(F)F. The van der Waals surface area contributed by atoms with E-state index in [0.717, 1.165) is 36.6 Å². The fourth-order valence-electron chi connectivity index (χ4n) is 2.67. The molecule has 0 atom stereocenters. The van der Waals surface area contributed by atoms with E-state index in [4.69, 9.17) is 17.0 Å². The van der Waals surface area contributed by atoms with E-state index in [1.807, 2.05) is 0 Å². The maximum Gasteiger partial charge on any atom is 0.416 e. The number of rotatable bonds is 4. The van der Waals surface area contributed by atoms with Crippen LogP contribution in [0.15, 0.2) is 54.1 Å². The fraction of sp³-hybridized carbons (Fsp3) is 0.100. The highest BCUT2D eigenvalue weighted by molar-refractivity contribution is 6.35. The van der Waals surface area contributed by atoms with Crippen LogP contribution in [0, 0.1) is 5.41 Å². The Morgan fingerprint density at radius 2 is 1.70 bits per heavy atom. The van der Waals surface area contributed by atoms with Gasteiger partial charge in [0.2, 0.25) is 0 Å². The summed E-state index contributed by atoms with van der Waals surface area (Å²) in [5.74, 6) is 0.224. The summed E-state index contributed by atoms with van der Waals surface area (Å²) in [5.41, 5.74) is -0.919. The van der Waals surface area contributed by atoms with Crippen LogP contribution in [0.4, 0.5) is 26.3 Å². The lowest BCUT2D eigenvalue weighted by Crippen LogP contribution is -2.09. The third-order valence-corrected chi connectivity index (χ3v) is 4.36. The summed E-state index contributed by atoms with van der Waals surface area (Å²) >= 11 is 5.92. The van der Waals surface area contributed by atoms with Crippen LogP contribution in [0.3, 0.4) is 0 Å². The van der Waals surface area contributed by atoms with Gasteiger partial charge >= 0.3 is 12.4 Å². The first kappa shape index (κ1) is 21.6. The molecule has 0 bridgehead atoms. The number of fused-ring (bicyclic) bond motifs is 1. The molecule has 2 aromatic carbocycles. The number of benzene rings is 2. The molecule has 30 heavy (non-hydrogen) atoms. The maximum absolute atomic E-state index is 13.0. The van der Waals surface area contributed by atoms with Gasteiger partial charge in [-0.1, -0.05) is 35.9 Å². The number of nitrogens with one attached hydrogen (secondary N) is 2. The van der Waals surface area contributed by atoms with Crippen LogP contribution in [-0.4, -0.2) is 22.4 Å². The van der Waals surface area contributed by atoms with Crippen molar-refractivity contribution in [2.75, 3.05) is 0 Å². The van der Waals surface area contributed by atoms with Crippen LogP contribution in [0.25, 0.3) is 28.5 Å². The van der Waals surface area contributed by atoms with Gasteiger partial charge in [0.1, 0.15) is 11.3 Å². The summed E-state index contributed by atoms with van der Waals surface area (Å²) in [6.45, 7) is 0. The molecule has 0 amide bonds. The second-order valence-electron chi connectivity index (χ2n) is 6.18. The Balaban J connectivity index is 1.97. The van der Waals surface area contributed by atoms with E-state index >= 15 is 0 Å². The van der Waals surface area contributed by atoms with Crippen LogP contribution < -0.4 is 0 Å². The molecule has 0 unspecified atom stereocenters. The number of hydrogen-bond donors (Lipinski definition) is 2. The lowest BCUT2D eigenvalue weighted by Gasteiger charge is -2.07. The number of imidazole rings is 1. The number of halogens is 7. The molecule has 156 valence electrons. The van der Waals surface area contributed by atoms with E-state index in [1.165, 1.54) is 24.3 Å². The lowest BCUT2D eigenvalue weighted by atomic mass is 10.1. The number of allylic oxidation sites excluding steroid dienone is 3. The Bertz CT molecular complexity index is 1140. The van der Waals surface area contributed by atoms with Crippen LogP contribution in [-0.2, 0) is 6.18 Å². The Morgan fingerprint density at radius 3 is 2.27 bits per heavy atom. The van der Waals surface area contributed by atoms with Gasteiger partial charge in [-0.15, -0.1) is 0 Å². The highest BCUT2D eigenvalue weighted by Gasteiger charge is 2.32. The predicted molar refractivity (Wildman–Crippen MR) is 103 cm³/mol. The minimum absolute atomic E-state index is 0.0879. The van der Waals surface area contributed by atoms with Gasteiger partial charge < -0.3 is 10.4 Å². The van der Waals surface area contributed by atoms with Crippen molar-refractivity contribution in [3.8, 4) is 11.4 Å². The summed E-state index contributed by atoms with van der Waals surface area (Å²) in [6, 6.07) is 7.46. The van der Waals surface area contributed by atoms with Gasteiger partial charge in [-0.25, -0.2) is 4.98 Å². The summed E-state index contributed by atoms with van der Waals surface area (Å²) in [4.78, 5) is 6.94. The van der Waals surface area contributed by atoms with Crippen LogP contribution in [0.2, 0.25) is 5.02 Å². The highest BCUT2D eigenvalue weighted by Crippen LogP contribution is 2.35. The minimum Gasteiger partial charge on any atom is -0.338 e. The van der Waals surface area contributed by atoms with E-state index in [-0.39, 0.29) is 27.4 Å². The zero-order valence-corrected chi connectivity index (χ0v) is 15.6. The first-order valence-corrected chi connectivity index (χ1v) is 8.70. The van der Waals surface area contributed by atoms with Crippen LogP contribution in [0.5, 0.6) is 0 Å². The van der Waals surface area contributed by atoms with Crippen molar-refractivity contribution < 1.29 is 26.3 Å². The van der Waals surface area contributed by atoms with E-state index in [1.54, 1.807) is 0 Å². The molecule has 0 aliphatic carbocycles. The quantitative estimate of drug-likeness (QED) is 0.253. The summed E-state index contributed by atoms with van der Waals surface area (Å²) in [6.07, 6.45) is -5.78. The first-order chi connectivity index (χ1) is 14.0. The number of hydrogen-bond acceptors (Lipinski definition) is 2. The van der Waals surface area contributed by atoms with Crippen molar-refractivity contribution in [3.63, 3.8) is 0 Å². The molecule has 3 aromatic rings. The van der Waals surface area contributed by atoms with Gasteiger partial charge in [0, 0.05) is 11.8 Å². The second kappa shape index (κ2) is 7.98. The average Bonchev–Trinajstić information content (AvgIpc) is 3.09. The summed E-state index contributed by atoms with van der Waals surface area (Å²) < 4.78 is 78.0. The van der Waals surface area contributed by atoms with Gasteiger partial charge in [0.05, 0.1) is 21.7 Å².